The van der Waals surface area contributed by atoms with Crippen molar-refractivity contribution in [2.75, 3.05) is 150 Å². The Morgan fingerprint density at radius 3 is 0.656 bits per heavy atom. The van der Waals surface area contributed by atoms with E-state index in [0.717, 1.165) is 149 Å². The summed E-state index contributed by atoms with van der Waals surface area (Å²) >= 11 is 0. The Labute approximate surface area is 756 Å². The van der Waals surface area contributed by atoms with Gasteiger partial charge in [-0.25, -0.2) is 0 Å². The molecule has 0 aliphatic carbocycles. The number of hydrogen-bond donors (Lipinski definition) is 0. The van der Waals surface area contributed by atoms with E-state index in [0.29, 0.717) is 96.1 Å². The van der Waals surface area contributed by atoms with Crippen molar-refractivity contribution in [2.24, 2.45) is 0 Å². The molecule has 0 saturated carbocycles. The summed E-state index contributed by atoms with van der Waals surface area (Å²) in [6.45, 7) is 38.3. The highest BCUT2D eigenvalue weighted by molar-refractivity contribution is 5.65. The summed E-state index contributed by atoms with van der Waals surface area (Å²) in [5, 5.41) is 0. The van der Waals surface area contributed by atoms with Crippen molar-refractivity contribution < 1.29 is 94.7 Å². The largest absolute Gasteiger partial charge is 0.491 e. The van der Waals surface area contributed by atoms with E-state index in [1.165, 1.54) is 63.0 Å². The minimum absolute atomic E-state index is 0.179. The third kappa shape index (κ3) is 32.4. The third-order valence-electron chi connectivity index (χ3n) is 22.3. The van der Waals surface area contributed by atoms with Gasteiger partial charge in [0.25, 0.3) is 0 Å². The molecule has 0 radical (unpaired) electrons. The molecule has 0 amide bonds. The van der Waals surface area contributed by atoms with Crippen LogP contribution in [0.3, 0.4) is 0 Å². The van der Waals surface area contributed by atoms with Gasteiger partial charge < -0.3 is 99.6 Å². The van der Waals surface area contributed by atoms with Crippen molar-refractivity contribution in [2.45, 2.75) is 160 Å². The van der Waals surface area contributed by atoms with Crippen LogP contribution in [0.1, 0.15) is 106 Å². The molecule has 11 saturated heterocycles. The standard InChI is InChI=1S/C38H40O6.C18H18O4.C15H19NO4.3C10H12O2.2C3H8/c1-37(2,27-8-14-31(15-9-27)39-20-34-23-42-34)26-4-6-28(7-5-26)38(3,29-10-16-32(17-11-29)40-21-35-24-43-35)30-12-18-33(19-13-30)41-22-36-25-44-36;1-5-15(19-9-17-11-21-17)6-2-13(1)14-3-7-16(8-4-14)20-10-18-12-22-18;1-3-12(17-9-15-10-20-15)4-2-11(1)16(5-13-7-18-13)6-14-8-19-14;3*1-8-4-2-3-5-10(8)12-7-9-6-11-9;2*1-3-2/h4-19,34-36H,20-25H2,1-3H3;1-8,17-18H,9-12H2;1-4,13-15H,5-10H2;3*2-5,9H,6-7H2,1H3;2*3H2,1-2H3. The van der Waals surface area contributed by atoms with Crippen molar-refractivity contribution in [1.29, 1.82) is 0 Å². The molecule has 11 heterocycles. The zero-order valence-electron chi connectivity index (χ0n) is 76.0. The van der Waals surface area contributed by atoms with Gasteiger partial charge in [0, 0.05) is 29.6 Å². The lowest BCUT2D eigenvalue weighted by molar-refractivity contribution is 0.262. The molecule has 11 atom stereocenters. The maximum Gasteiger partial charge on any atom is 0.122 e. The Bertz CT molecular complexity index is 4610. The number of ether oxygens (including phenoxy) is 20. The summed E-state index contributed by atoms with van der Waals surface area (Å²) in [6, 6.07) is 83.0. The topological polar surface area (TPSA) is 224 Å². The van der Waals surface area contributed by atoms with Gasteiger partial charge in [0.1, 0.15) is 166 Å². The van der Waals surface area contributed by atoms with Crippen molar-refractivity contribution in [1.82, 2.24) is 0 Å². The lowest BCUT2D eigenvalue weighted by Gasteiger charge is -2.33. The van der Waals surface area contributed by atoms with Gasteiger partial charge in [0.15, 0.2) is 0 Å². The van der Waals surface area contributed by atoms with Crippen LogP contribution >= 0.6 is 0 Å². The zero-order valence-corrected chi connectivity index (χ0v) is 76.0. The number of anilines is 1. The second-order valence-electron chi connectivity index (χ2n) is 34.4. The molecule has 0 bridgehead atoms. The third-order valence-corrected chi connectivity index (χ3v) is 22.3. The quantitative estimate of drug-likeness (QED) is 0.0259. The molecular formula is C107H129NO20. The van der Waals surface area contributed by atoms with Gasteiger partial charge in [-0.05, 0) is 186 Å². The van der Waals surface area contributed by atoms with Crippen LogP contribution in [0, 0.1) is 20.8 Å². The number of benzene rings is 10. The van der Waals surface area contributed by atoms with Crippen LogP contribution in [-0.2, 0) is 62.9 Å². The minimum Gasteiger partial charge on any atom is -0.491 e. The molecule has 11 fully saturated rings. The molecule has 21 heteroatoms. The van der Waals surface area contributed by atoms with Crippen LogP contribution in [-0.4, -0.2) is 212 Å². The fourth-order valence-corrected chi connectivity index (χ4v) is 13.3. The number of rotatable bonds is 38. The molecule has 0 aromatic heterocycles. The molecule has 682 valence electrons. The summed E-state index contributed by atoms with van der Waals surface area (Å²) in [7, 11) is 0. The Morgan fingerprint density at radius 2 is 0.430 bits per heavy atom. The second-order valence-corrected chi connectivity index (χ2v) is 34.4. The van der Waals surface area contributed by atoms with Gasteiger partial charge in [0.2, 0.25) is 0 Å². The first-order chi connectivity index (χ1) is 62.5. The molecule has 0 N–H and O–H groups in total. The highest BCUT2D eigenvalue weighted by Gasteiger charge is 2.36. The molecule has 21 nitrogen and oxygen atoms in total. The van der Waals surface area contributed by atoms with Crippen LogP contribution in [0.5, 0.6) is 51.7 Å². The second kappa shape index (κ2) is 47.4. The van der Waals surface area contributed by atoms with E-state index < -0.39 is 5.41 Å². The van der Waals surface area contributed by atoms with E-state index in [9.17, 15) is 0 Å². The van der Waals surface area contributed by atoms with Gasteiger partial charge in [0.05, 0.1) is 84.9 Å². The van der Waals surface area contributed by atoms with Crippen molar-refractivity contribution >= 4 is 5.69 Å². The number of hydrogen-bond acceptors (Lipinski definition) is 21. The first-order valence-electron chi connectivity index (χ1n) is 45.6. The fraction of sp³-hybridized carbons (Fsp3) is 0.439. The van der Waals surface area contributed by atoms with Crippen molar-refractivity contribution in [3.05, 3.63) is 287 Å². The van der Waals surface area contributed by atoms with Crippen molar-refractivity contribution in [3.63, 3.8) is 0 Å². The normalized spacial score (nSPS) is 22.0. The average molecular weight is 1750 g/mol. The Morgan fingerprint density at radius 1 is 0.242 bits per heavy atom. The molecule has 128 heavy (non-hydrogen) atoms. The monoisotopic (exact) mass is 1750 g/mol. The zero-order chi connectivity index (χ0) is 88.9. The van der Waals surface area contributed by atoms with Crippen molar-refractivity contribution in [3.8, 4) is 62.9 Å². The predicted octanol–water partition coefficient (Wildman–Crippen LogP) is 18.8. The SMILES string of the molecule is CC(C)(c1ccc(OCC2CO2)cc1)c1ccc(C(C)(c2ccc(OCC3CO3)cc2)c2ccc(OCC3CO3)cc2)cc1.CCC.CCC.Cc1ccccc1OCC1CO1.Cc1ccccc1OCC1CO1.Cc1ccccc1OCC1CO1.c1cc(-c2ccc(OCC3CO3)cc2)ccc1OCC1CO1.c1cc(N(CC2CO2)CC2CO2)ccc1OCC1CO1. The van der Waals surface area contributed by atoms with Crippen LogP contribution < -0.4 is 47.5 Å². The first kappa shape index (κ1) is 93.9. The molecule has 0 spiro atoms. The first-order valence-corrected chi connectivity index (χ1v) is 45.6. The maximum atomic E-state index is 5.94. The van der Waals surface area contributed by atoms with E-state index in [2.05, 4.69) is 187 Å². The van der Waals surface area contributed by atoms with E-state index in [4.69, 9.17) is 94.7 Å². The van der Waals surface area contributed by atoms with E-state index in [1.54, 1.807) is 0 Å². The number of para-hydroxylation sites is 3. The van der Waals surface area contributed by atoms with E-state index in [-0.39, 0.29) is 35.9 Å². The van der Waals surface area contributed by atoms with Crippen LogP contribution in [0.4, 0.5) is 5.69 Å². The Hall–Kier alpha value is -10.2. The van der Waals surface area contributed by atoms with E-state index in [1.807, 2.05) is 130 Å². The number of aryl methyl sites for hydroxylation is 3. The van der Waals surface area contributed by atoms with Crippen LogP contribution in [0.15, 0.2) is 243 Å². The van der Waals surface area contributed by atoms with Gasteiger partial charge in [-0.2, -0.15) is 0 Å². The molecule has 11 aliphatic rings. The fourth-order valence-electron chi connectivity index (χ4n) is 13.3. The Balaban J connectivity index is 0.000000133. The maximum absolute atomic E-state index is 5.94. The highest BCUT2D eigenvalue weighted by atomic mass is 16.6. The molecule has 21 rings (SSSR count). The molecule has 11 aliphatic heterocycles. The van der Waals surface area contributed by atoms with Crippen LogP contribution in [0.2, 0.25) is 0 Å². The predicted molar refractivity (Wildman–Crippen MR) is 496 cm³/mol. The number of epoxide rings is 11. The molecule has 10 aromatic rings. The summed E-state index contributed by atoms with van der Waals surface area (Å²) in [4.78, 5) is 2.34. The van der Waals surface area contributed by atoms with Gasteiger partial charge in [-0.3, -0.25) is 0 Å². The van der Waals surface area contributed by atoms with Gasteiger partial charge in [-0.15, -0.1) is 0 Å². The Kier molecular flexibility index (Phi) is 34.7. The van der Waals surface area contributed by atoms with Crippen LogP contribution in [0.25, 0.3) is 11.1 Å². The molecular weight excluding hydrogens is 1620 g/mol. The molecule has 10 aromatic carbocycles. The van der Waals surface area contributed by atoms with Gasteiger partial charge in [-0.1, -0.05) is 194 Å². The summed E-state index contributed by atoms with van der Waals surface area (Å²) in [6.07, 6.45) is 5.85. The summed E-state index contributed by atoms with van der Waals surface area (Å²) in [5.74, 6) is 8.13. The highest BCUT2D eigenvalue weighted by Crippen LogP contribution is 2.43. The lowest BCUT2D eigenvalue weighted by Crippen LogP contribution is -2.31. The lowest BCUT2D eigenvalue weighted by atomic mass is 9.70. The summed E-state index contributed by atoms with van der Waals surface area (Å²) in [5.41, 5.74) is 12.6. The minimum atomic E-state index is -0.400. The smallest absolute Gasteiger partial charge is 0.122 e. The van der Waals surface area contributed by atoms with Gasteiger partial charge >= 0.3 is 0 Å². The summed E-state index contributed by atoms with van der Waals surface area (Å²) < 4.78 is 108. The van der Waals surface area contributed by atoms with E-state index >= 15 is 0 Å². The number of nitrogens with zero attached hydrogens (tertiary/aromatic N) is 1. The molecule has 11 unspecified atom stereocenters. The average Bonchev–Trinajstić information content (AvgIpc) is 1.71.